The van der Waals surface area contributed by atoms with Gasteiger partial charge in [-0.25, -0.2) is 0 Å². The zero-order chi connectivity index (χ0) is 8.39. The summed E-state index contributed by atoms with van der Waals surface area (Å²) in [7, 11) is 0. The lowest BCUT2D eigenvalue weighted by Gasteiger charge is -1.90. The van der Waals surface area contributed by atoms with Crippen LogP contribution in [0.2, 0.25) is 0 Å². The van der Waals surface area contributed by atoms with E-state index in [1.165, 1.54) is 6.26 Å². The van der Waals surface area contributed by atoms with Gasteiger partial charge < -0.3 is 9.72 Å². The minimum Gasteiger partial charge on any atom is -0.449 e. The number of aromatic amines is 1. The maximum Gasteiger partial charge on any atom is 0.197 e. The number of H-pyrrole nitrogens is 1. The molecule has 0 aliphatic rings. The molecule has 0 aliphatic heterocycles. The molecule has 0 radical (unpaired) electrons. The van der Waals surface area contributed by atoms with E-state index in [-0.39, 0.29) is 0 Å². The third kappa shape index (κ3) is 1.07. The minimum atomic E-state index is 0.728. The number of ether oxygens (including phenoxy) is 1. The van der Waals surface area contributed by atoms with Gasteiger partial charge in [-0.05, 0) is 6.07 Å². The van der Waals surface area contributed by atoms with Gasteiger partial charge in [0.15, 0.2) is 5.88 Å². The van der Waals surface area contributed by atoms with Gasteiger partial charge in [0.25, 0.3) is 0 Å². The molecule has 60 valence electrons. The number of rotatable bonds is 2. The third-order valence-electron chi connectivity index (χ3n) is 1.72. The van der Waals surface area contributed by atoms with E-state index in [2.05, 4.69) is 11.6 Å². The molecule has 0 saturated heterocycles. The van der Waals surface area contributed by atoms with Crippen LogP contribution < -0.4 is 4.74 Å². The fraction of sp³-hybridized carbons (Fsp3) is 0. The Morgan fingerprint density at radius 2 is 2.17 bits per heavy atom. The molecular weight excluding hydrogens is 150 g/mol. The molecule has 0 saturated carbocycles. The van der Waals surface area contributed by atoms with Crippen LogP contribution in [0.3, 0.4) is 0 Å². The van der Waals surface area contributed by atoms with Crippen molar-refractivity contribution in [1.82, 2.24) is 4.98 Å². The summed E-state index contributed by atoms with van der Waals surface area (Å²) in [6.07, 6.45) is 1.41. The molecule has 0 bridgehead atoms. The van der Waals surface area contributed by atoms with Crippen LogP contribution in [0.5, 0.6) is 5.88 Å². The third-order valence-corrected chi connectivity index (χ3v) is 1.72. The standard InChI is InChI=1S/C10H9NO/c1-2-12-10-7-8-5-3-4-6-9(8)11-10/h2-7,11H,1H2. The molecule has 2 aromatic rings. The lowest BCUT2D eigenvalue weighted by molar-refractivity contribution is 0.468. The molecule has 0 fully saturated rings. The van der Waals surface area contributed by atoms with Crippen molar-refractivity contribution in [2.24, 2.45) is 0 Å². The Hall–Kier alpha value is -1.70. The molecule has 1 aromatic heterocycles. The first-order valence-electron chi connectivity index (χ1n) is 3.75. The van der Waals surface area contributed by atoms with E-state index >= 15 is 0 Å². The fourth-order valence-corrected chi connectivity index (χ4v) is 1.20. The van der Waals surface area contributed by atoms with Gasteiger partial charge in [0.05, 0.1) is 6.26 Å². The molecule has 12 heavy (non-hydrogen) atoms. The molecule has 0 atom stereocenters. The van der Waals surface area contributed by atoms with Crippen molar-refractivity contribution in [1.29, 1.82) is 0 Å². The first-order valence-corrected chi connectivity index (χ1v) is 3.75. The van der Waals surface area contributed by atoms with E-state index < -0.39 is 0 Å². The van der Waals surface area contributed by atoms with Gasteiger partial charge in [0, 0.05) is 17.0 Å². The van der Waals surface area contributed by atoms with Crippen molar-refractivity contribution in [3.8, 4) is 5.88 Å². The summed E-state index contributed by atoms with van der Waals surface area (Å²) in [4.78, 5) is 3.10. The van der Waals surface area contributed by atoms with Crippen LogP contribution >= 0.6 is 0 Å². The molecule has 1 heterocycles. The highest BCUT2D eigenvalue weighted by Crippen LogP contribution is 2.19. The Balaban J connectivity index is 2.54. The molecule has 0 unspecified atom stereocenters. The maximum absolute atomic E-state index is 5.10. The normalized spacial score (nSPS) is 10.0. The van der Waals surface area contributed by atoms with E-state index in [1.54, 1.807) is 0 Å². The maximum atomic E-state index is 5.10. The predicted molar refractivity (Wildman–Crippen MR) is 49.1 cm³/mol. The van der Waals surface area contributed by atoms with E-state index in [0.717, 1.165) is 16.8 Å². The Labute approximate surface area is 70.5 Å². The van der Waals surface area contributed by atoms with Gasteiger partial charge in [0.2, 0.25) is 0 Å². The topological polar surface area (TPSA) is 25.0 Å². The largest absolute Gasteiger partial charge is 0.449 e. The lowest BCUT2D eigenvalue weighted by Crippen LogP contribution is -1.77. The Morgan fingerprint density at radius 3 is 2.92 bits per heavy atom. The molecule has 1 N–H and O–H groups in total. The van der Waals surface area contributed by atoms with Gasteiger partial charge in [-0.3, -0.25) is 0 Å². The Morgan fingerprint density at radius 1 is 1.33 bits per heavy atom. The van der Waals surface area contributed by atoms with Crippen molar-refractivity contribution in [2.75, 3.05) is 0 Å². The van der Waals surface area contributed by atoms with E-state index in [4.69, 9.17) is 4.74 Å². The number of hydrogen-bond acceptors (Lipinski definition) is 1. The molecule has 2 nitrogen and oxygen atoms in total. The minimum absolute atomic E-state index is 0.728. The highest BCUT2D eigenvalue weighted by atomic mass is 16.5. The summed E-state index contributed by atoms with van der Waals surface area (Å²) in [5.41, 5.74) is 1.08. The molecule has 1 aromatic carbocycles. The summed E-state index contributed by atoms with van der Waals surface area (Å²) in [6, 6.07) is 9.95. The highest BCUT2D eigenvalue weighted by Gasteiger charge is 1.97. The molecule has 2 rings (SSSR count). The van der Waals surface area contributed by atoms with E-state index in [9.17, 15) is 0 Å². The Bertz CT molecular complexity index is 370. The zero-order valence-corrected chi connectivity index (χ0v) is 6.58. The number of benzene rings is 1. The van der Waals surface area contributed by atoms with Gasteiger partial charge in [-0.15, -0.1) is 0 Å². The second kappa shape index (κ2) is 2.74. The highest BCUT2D eigenvalue weighted by molar-refractivity contribution is 5.81. The number of para-hydroxylation sites is 1. The molecule has 0 spiro atoms. The second-order valence-corrected chi connectivity index (χ2v) is 2.51. The van der Waals surface area contributed by atoms with Crippen LogP contribution in [0.4, 0.5) is 0 Å². The van der Waals surface area contributed by atoms with Gasteiger partial charge in [-0.1, -0.05) is 24.8 Å². The summed E-state index contributed by atoms with van der Waals surface area (Å²) in [6.45, 7) is 3.48. The van der Waals surface area contributed by atoms with Crippen molar-refractivity contribution in [3.63, 3.8) is 0 Å². The quantitative estimate of drug-likeness (QED) is 0.669. The van der Waals surface area contributed by atoms with Gasteiger partial charge in [-0.2, -0.15) is 0 Å². The van der Waals surface area contributed by atoms with Crippen LogP contribution in [0.15, 0.2) is 43.2 Å². The van der Waals surface area contributed by atoms with Crippen LogP contribution in [0.1, 0.15) is 0 Å². The van der Waals surface area contributed by atoms with Crippen LogP contribution in [-0.2, 0) is 0 Å². The van der Waals surface area contributed by atoms with E-state index in [0.29, 0.717) is 0 Å². The SMILES string of the molecule is C=COc1cc2ccccc2[nH]1. The molecular formula is C10H9NO. The summed E-state index contributed by atoms with van der Waals surface area (Å²) < 4.78 is 5.10. The van der Waals surface area contributed by atoms with Gasteiger partial charge in [0.1, 0.15) is 0 Å². The number of fused-ring (bicyclic) bond motifs is 1. The van der Waals surface area contributed by atoms with Gasteiger partial charge >= 0.3 is 0 Å². The molecule has 2 heteroatoms. The number of hydrogen-bond donors (Lipinski definition) is 1. The summed E-state index contributed by atoms with van der Waals surface area (Å²) in [5.74, 6) is 0.728. The van der Waals surface area contributed by atoms with Crippen molar-refractivity contribution in [3.05, 3.63) is 43.2 Å². The molecule has 0 aliphatic carbocycles. The fourth-order valence-electron chi connectivity index (χ4n) is 1.20. The smallest absolute Gasteiger partial charge is 0.197 e. The lowest BCUT2D eigenvalue weighted by atomic mass is 10.3. The van der Waals surface area contributed by atoms with Crippen LogP contribution in [-0.4, -0.2) is 4.98 Å². The zero-order valence-electron chi connectivity index (χ0n) is 6.58. The average molecular weight is 159 g/mol. The Kier molecular flexibility index (Phi) is 1.59. The second-order valence-electron chi connectivity index (χ2n) is 2.51. The van der Waals surface area contributed by atoms with E-state index in [1.807, 2.05) is 30.3 Å². The first kappa shape index (κ1) is 6.98. The van der Waals surface area contributed by atoms with Crippen LogP contribution in [0.25, 0.3) is 10.9 Å². The van der Waals surface area contributed by atoms with Crippen molar-refractivity contribution >= 4 is 10.9 Å². The predicted octanol–water partition coefficient (Wildman–Crippen LogP) is 2.69. The van der Waals surface area contributed by atoms with Crippen LogP contribution in [0, 0.1) is 0 Å². The number of nitrogens with one attached hydrogen (secondary N) is 1. The monoisotopic (exact) mass is 159 g/mol. The molecule has 0 amide bonds. The number of aromatic nitrogens is 1. The van der Waals surface area contributed by atoms with Crippen molar-refractivity contribution in [2.45, 2.75) is 0 Å². The van der Waals surface area contributed by atoms with Crippen molar-refractivity contribution < 1.29 is 4.74 Å². The summed E-state index contributed by atoms with van der Waals surface area (Å²) in [5, 5.41) is 1.15. The average Bonchev–Trinajstić information content (AvgIpc) is 2.47. The first-order chi connectivity index (χ1) is 5.90. The summed E-state index contributed by atoms with van der Waals surface area (Å²) >= 11 is 0.